The number of ether oxygens (including phenoxy) is 1. The number of H-pyrrole nitrogens is 1. The van der Waals surface area contributed by atoms with Crippen LogP contribution in [0.5, 0.6) is 0 Å². The number of morpholine rings is 1. The summed E-state index contributed by atoms with van der Waals surface area (Å²) in [6.45, 7) is 7.45. The largest absolute Gasteiger partial charge is 0.379 e. The summed E-state index contributed by atoms with van der Waals surface area (Å²) in [5.41, 5.74) is 3.32. The molecule has 1 aliphatic heterocycles. The van der Waals surface area contributed by atoms with Gasteiger partial charge in [-0.1, -0.05) is 0 Å². The Bertz CT molecular complexity index is 904. The second kappa shape index (κ2) is 5.83. The lowest BCUT2D eigenvalue weighted by molar-refractivity contribution is 0.0366. The highest BCUT2D eigenvalue weighted by Gasteiger charge is 2.15. The summed E-state index contributed by atoms with van der Waals surface area (Å²) < 4.78 is 7.68. The molecule has 0 radical (unpaired) electrons. The summed E-state index contributed by atoms with van der Waals surface area (Å²) in [5, 5.41) is 2.40. The third kappa shape index (κ3) is 2.56. The Hall–Kier alpha value is -2.11. The average molecular weight is 311 g/mol. The maximum atomic E-state index is 12.0. The van der Waals surface area contributed by atoms with Crippen molar-refractivity contribution in [1.82, 2.24) is 14.5 Å². The van der Waals surface area contributed by atoms with E-state index in [4.69, 9.17) is 4.74 Å². The number of aryl methyl sites for hydroxylation is 1. The smallest absolute Gasteiger partial charge is 0.181 e. The van der Waals surface area contributed by atoms with E-state index < -0.39 is 0 Å². The minimum absolute atomic E-state index is 0.0782. The first kappa shape index (κ1) is 14.5. The summed E-state index contributed by atoms with van der Waals surface area (Å²) in [5.74, 6) is 0. The number of nitrogens with one attached hydrogen (secondary N) is 1. The zero-order chi connectivity index (χ0) is 15.8. The molecule has 0 unspecified atom stereocenters. The van der Waals surface area contributed by atoms with Crippen LogP contribution in [0, 0.1) is 6.92 Å². The normalized spacial score (nSPS) is 16.4. The fourth-order valence-electron chi connectivity index (χ4n) is 3.59. The molecule has 1 N–H and O–H groups in total. The van der Waals surface area contributed by atoms with E-state index in [1.165, 1.54) is 10.8 Å². The molecule has 1 aromatic carbocycles. The minimum Gasteiger partial charge on any atom is -0.379 e. The zero-order valence-electron chi connectivity index (χ0n) is 13.3. The van der Waals surface area contributed by atoms with Crippen molar-refractivity contribution in [3.05, 3.63) is 46.4 Å². The first-order valence-electron chi connectivity index (χ1n) is 8.14. The second-order valence-electron chi connectivity index (χ2n) is 6.18. The van der Waals surface area contributed by atoms with Crippen molar-refractivity contribution in [2.75, 3.05) is 32.8 Å². The summed E-state index contributed by atoms with van der Waals surface area (Å²) in [7, 11) is 0. The van der Waals surface area contributed by atoms with Gasteiger partial charge in [0.05, 0.1) is 24.2 Å². The predicted molar refractivity (Wildman–Crippen MR) is 92.1 cm³/mol. The number of aromatic amines is 1. The molecule has 1 saturated heterocycles. The fourth-order valence-corrected chi connectivity index (χ4v) is 3.59. The SMILES string of the molecule is Cc1cc(=O)cc2c1c1cc[nH]cc1n2CCN1CCOCC1. The molecule has 5 heteroatoms. The number of hydrogen-bond acceptors (Lipinski definition) is 3. The van der Waals surface area contributed by atoms with Crippen LogP contribution >= 0.6 is 0 Å². The van der Waals surface area contributed by atoms with Crippen LogP contribution in [-0.4, -0.2) is 47.3 Å². The number of nitrogens with zero attached hydrogens (tertiary/aromatic N) is 2. The van der Waals surface area contributed by atoms with Crippen molar-refractivity contribution < 1.29 is 4.74 Å². The lowest BCUT2D eigenvalue weighted by atomic mass is 10.1. The molecule has 1 aliphatic rings. The molecule has 3 heterocycles. The molecule has 0 amide bonds. The monoisotopic (exact) mass is 311 g/mol. The van der Waals surface area contributed by atoms with Gasteiger partial charge >= 0.3 is 0 Å². The summed E-state index contributed by atoms with van der Waals surface area (Å²) in [4.78, 5) is 17.6. The average Bonchev–Trinajstić information content (AvgIpc) is 2.87. The van der Waals surface area contributed by atoms with E-state index in [1.807, 2.05) is 19.3 Å². The fraction of sp³-hybridized carbons (Fsp3) is 0.389. The van der Waals surface area contributed by atoms with E-state index in [-0.39, 0.29) is 5.43 Å². The lowest BCUT2D eigenvalue weighted by Gasteiger charge is -2.26. The Balaban J connectivity index is 1.81. The Morgan fingerprint density at radius 1 is 1.17 bits per heavy atom. The molecule has 120 valence electrons. The van der Waals surface area contributed by atoms with E-state index in [0.717, 1.165) is 56.0 Å². The van der Waals surface area contributed by atoms with Crippen LogP contribution in [0.4, 0.5) is 0 Å². The van der Waals surface area contributed by atoms with Gasteiger partial charge in [-0.2, -0.15) is 0 Å². The highest BCUT2D eigenvalue weighted by Crippen LogP contribution is 2.29. The van der Waals surface area contributed by atoms with E-state index in [9.17, 15) is 4.79 Å². The molecular weight excluding hydrogens is 290 g/mol. The van der Waals surface area contributed by atoms with Gasteiger partial charge in [-0.3, -0.25) is 9.69 Å². The van der Waals surface area contributed by atoms with Crippen LogP contribution < -0.4 is 5.43 Å². The first-order chi connectivity index (χ1) is 11.2. The lowest BCUT2D eigenvalue weighted by Crippen LogP contribution is -2.38. The van der Waals surface area contributed by atoms with Crippen LogP contribution in [0.3, 0.4) is 0 Å². The molecule has 0 spiro atoms. The summed E-state index contributed by atoms with van der Waals surface area (Å²) in [6, 6.07) is 5.59. The van der Waals surface area contributed by atoms with Gasteiger partial charge in [0.25, 0.3) is 0 Å². The third-order valence-electron chi connectivity index (χ3n) is 4.72. The standard InChI is InChI=1S/C18H21N3O2/c1-13-10-14(22)11-16-18(13)15-2-3-19-12-17(15)21(16)5-4-20-6-8-23-9-7-20/h2-3,10-12,19H,4-9H2,1H3. The van der Waals surface area contributed by atoms with Crippen molar-refractivity contribution in [1.29, 1.82) is 0 Å². The summed E-state index contributed by atoms with van der Waals surface area (Å²) >= 11 is 0. The molecule has 4 rings (SSSR count). The molecule has 0 aliphatic carbocycles. The van der Waals surface area contributed by atoms with Crippen LogP contribution in [0.2, 0.25) is 0 Å². The van der Waals surface area contributed by atoms with Gasteiger partial charge in [0.15, 0.2) is 5.43 Å². The molecule has 3 aromatic rings. The minimum atomic E-state index is 0.0782. The molecule has 23 heavy (non-hydrogen) atoms. The quantitative estimate of drug-likeness (QED) is 0.806. The number of benzene rings is 1. The maximum Gasteiger partial charge on any atom is 0.181 e. The molecule has 1 fully saturated rings. The van der Waals surface area contributed by atoms with E-state index in [2.05, 4.69) is 20.5 Å². The molecule has 5 nitrogen and oxygen atoms in total. The Morgan fingerprint density at radius 2 is 2.00 bits per heavy atom. The molecular formula is C18H21N3O2. The van der Waals surface area contributed by atoms with Crippen molar-refractivity contribution >= 4 is 21.8 Å². The molecule has 0 bridgehead atoms. The van der Waals surface area contributed by atoms with Gasteiger partial charge in [-0.15, -0.1) is 0 Å². The number of hydrogen-bond donors (Lipinski definition) is 1. The second-order valence-corrected chi connectivity index (χ2v) is 6.18. The van der Waals surface area contributed by atoms with Gasteiger partial charge in [0.2, 0.25) is 0 Å². The van der Waals surface area contributed by atoms with Gasteiger partial charge in [-0.25, -0.2) is 0 Å². The molecule has 2 aromatic heterocycles. The predicted octanol–water partition coefficient (Wildman–Crippen LogP) is 2.12. The van der Waals surface area contributed by atoms with Gasteiger partial charge in [-0.05, 0) is 24.6 Å². The van der Waals surface area contributed by atoms with Crippen molar-refractivity contribution in [3.63, 3.8) is 0 Å². The van der Waals surface area contributed by atoms with Crippen molar-refractivity contribution in [2.24, 2.45) is 0 Å². The summed E-state index contributed by atoms with van der Waals surface area (Å²) in [6.07, 6.45) is 3.97. The first-order valence-corrected chi connectivity index (χ1v) is 8.14. The van der Waals surface area contributed by atoms with Crippen molar-refractivity contribution in [2.45, 2.75) is 13.5 Å². The number of pyridine rings is 1. The van der Waals surface area contributed by atoms with Crippen LogP contribution in [0.1, 0.15) is 5.56 Å². The highest BCUT2D eigenvalue weighted by molar-refractivity contribution is 6.09. The van der Waals surface area contributed by atoms with Gasteiger partial charge < -0.3 is 14.3 Å². The Kier molecular flexibility index (Phi) is 3.67. The molecule has 0 saturated carbocycles. The highest BCUT2D eigenvalue weighted by atomic mass is 16.5. The number of aromatic nitrogens is 2. The van der Waals surface area contributed by atoms with E-state index in [1.54, 1.807) is 12.1 Å². The van der Waals surface area contributed by atoms with Crippen LogP contribution in [-0.2, 0) is 11.3 Å². The van der Waals surface area contributed by atoms with Crippen LogP contribution in [0.25, 0.3) is 21.8 Å². The Morgan fingerprint density at radius 3 is 2.83 bits per heavy atom. The topological polar surface area (TPSA) is 50.3 Å². The van der Waals surface area contributed by atoms with Crippen molar-refractivity contribution in [3.8, 4) is 0 Å². The number of fused-ring (bicyclic) bond motifs is 3. The van der Waals surface area contributed by atoms with Gasteiger partial charge in [0.1, 0.15) is 0 Å². The zero-order valence-corrected chi connectivity index (χ0v) is 13.3. The van der Waals surface area contributed by atoms with E-state index >= 15 is 0 Å². The Labute approximate surface area is 134 Å². The van der Waals surface area contributed by atoms with Gasteiger partial charge in [0, 0.05) is 55.4 Å². The maximum absolute atomic E-state index is 12.0. The van der Waals surface area contributed by atoms with E-state index in [0.29, 0.717) is 0 Å². The third-order valence-corrected chi connectivity index (χ3v) is 4.72. The van der Waals surface area contributed by atoms with Crippen LogP contribution in [0.15, 0.2) is 35.4 Å². The molecule has 0 atom stereocenters. The number of rotatable bonds is 3.